The average Bonchev–Trinajstić information content (AvgIpc) is 2.51. The van der Waals surface area contributed by atoms with Crippen molar-refractivity contribution in [2.45, 2.75) is 18.8 Å². The van der Waals surface area contributed by atoms with Gasteiger partial charge in [0, 0.05) is 25.1 Å². The normalized spacial score (nSPS) is 17.0. The zero-order valence-electron chi connectivity index (χ0n) is 13.4. The highest BCUT2D eigenvalue weighted by atomic mass is 32.2. The fourth-order valence-corrected chi connectivity index (χ4v) is 2.85. The van der Waals surface area contributed by atoms with E-state index in [0.717, 1.165) is 12.1 Å². The van der Waals surface area contributed by atoms with Gasteiger partial charge in [-0.05, 0) is 38.7 Å². The molecule has 1 aliphatic heterocycles. The van der Waals surface area contributed by atoms with Gasteiger partial charge in [-0.1, -0.05) is 0 Å². The van der Waals surface area contributed by atoms with Crippen LogP contribution in [0.4, 0.5) is 14.5 Å². The molecular weight excluding hydrogens is 340 g/mol. The minimum Gasteiger partial charge on any atom is -0.478 e. The Morgan fingerprint density at radius 1 is 1.38 bits per heavy atom. The quantitative estimate of drug-likeness (QED) is 0.787. The van der Waals surface area contributed by atoms with Crippen molar-refractivity contribution < 1.29 is 23.5 Å². The molecule has 1 fully saturated rings. The number of carbonyl (C=O) groups excluding carboxylic acids is 1. The highest BCUT2D eigenvalue weighted by molar-refractivity contribution is 7.95. The molecule has 24 heavy (non-hydrogen) atoms. The molecule has 2 N–H and O–H groups in total. The van der Waals surface area contributed by atoms with E-state index in [-0.39, 0.29) is 29.7 Å². The molecule has 0 bridgehead atoms. The van der Waals surface area contributed by atoms with Crippen LogP contribution in [-0.4, -0.2) is 54.4 Å². The zero-order valence-corrected chi connectivity index (χ0v) is 14.2. The maximum Gasteiger partial charge on any atom is 0.335 e. The second kappa shape index (κ2) is 7.35. The molecule has 6 nitrogen and oxygen atoms in total. The van der Waals surface area contributed by atoms with Crippen LogP contribution in [0.3, 0.4) is 0 Å². The summed E-state index contributed by atoms with van der Waals surface area (Å²) in [4.78, 5) is 24.9. The van der Waals surface area contributed by atoms with E-state index in [1.807, 2.05) is 0 Å². The Bertz CT molecular complexity index is 640. The Morgan fingerprint density at radius 3 is 2.67 bits per heavy atom. The Labute approximate surface area is 143 Å². The molecular formula is C15H19F2N3O3S. The van der Waals surface area contributed by atoms with Gasteiger partial charge < -0.3 is 10.0 Å². The van der Waals surface area contributed by atoms with Gasteiger partial charge in [0.2, 0.25) is 0 Å². The van der Waals surface area contributed by atoms with Gasteiger partial charge in [-0.25, -0.2) is 17.9 Å². The van der Waals surface area contributed by atoms with Crippen molar-refractivity contribution in [3.8, 4) is 0 Å². The molecule has 0 unspecified atom stereocenters. The summed E-state index contributed by atoms with van der Waals surface area (Å²) in [5.41, 5.74) is 0.342. The number of benzene rings is 1. The van der Waals surface area contributed by atoms with E-state index in [2.05, 4.69) is 4.72 Å². The number of aromatic carboxylic acids is 1. The smallest absolute Gasteiger partial charge is 0.335 e. The lowest BCUT2D eigenvalue weighted by Gasteiger charge is -2.35. The predicted octanol–water partition coefficient (Wildman–Crippen LogP) is 2.47. The first-order valence-corrected chi connectivity index (χ1v) is 8.12. The molecule has 0 atom stereocenters. The lowest BCUT2D eigenvalue weighted by molar-refractivity contribution is -0.0117. The van der Waals surface area contributed by atoms with Crippen LogP contribution in [0.25, 0.3) is 0 Å². The number of alkyl halides is 2. The van der Waals surface area contributed by atoms with Crippen LogP contribution < -0.4 is 9.62 Å². The summed E-state index contributed by atoms with van der Waals surface area (Å²) in [5, 5.41) is 9.14. The number of amides is 1. The summed E-state index contributed by atoms with van der Waals surface area (Å²) >= 11 is 1.05. The standard InChI is InChI=1S/C15H19F2N3O3S/c1-19(2)24-18-13(21)11-5-4-10(14(22)23)8-12(11)20-7-3-6-15(16,17)9-20/h4-5,8H,3,6-7,9H2,1-2H3,(H,18,21)(H,22,23). The van der Waals surface area contributed by atoms with Crippen LogP contribution >= 0.6 is 12.1 Å². The Balaban J connectivity index is 2.36. The number of nitrogens with one attached hydrogen (secondary N) is 1. The molecule has 1 aliphatic rings. The van der Waals surface area contributed by atoms with E-state index >= 15 is 0 Å². The van der Waals surface area contributed by atoms with E-state index < -0.39 is 24.3 Å². The molecule has 1 aromatic rings. The number of carboxylic acid groups (broad SMARTS) is 1. The van der Waals surface area contributed by atoms with Gasteiger partial charge in [0.05, 0.1) is 23.4 Å². The summed E-state index contributed by atoms with van der Waals surface area (Å²) in [7, 11) is 3.48. The lowest BCUT2D eigenvalue weighted by atomic mass is 10.0. The molecule has 0 saturated carbocycles. The molecule has 1 amide bonds. The van der Waals surface area contributed by atoms with E-state index in [0.29, 0.717) is 6.54 Å². The first-order chi connectivity index (χ1) is 11.2. The molecule has 1 saturated heterocycles. The third-order valence-corrected chi connectivity index (χ3v) is 4.19. The van der Waals surface area contributed by atoms with Gasteiger partial charge in [0.15, 0.2) is 0 Å². The number of anilines is 1. The summed E-state index contributed by atoms with van der Waals surface area (Å²) in [6.07, 6.45) is 0.0674. The number of nitrogens with zero attached hydrogens (tertiary/aromatic N) is 2. The van der Waals surface area contributed by atoms with Gasteiger partial charge in [0.1, 0.15) is 0 Å². The first-order valence-electron chi connectivity index (χ1n) is 7.34. The first kappa shape index (κ1) is 18.5. The molecule has 1 aromatic carbocycles. The van der Waals surface area contributed by atoms with E-state index in [4.69, 9.17) is 5.11 Å². The summed E-state index contributed by atoms with van der Waals surface area (Å²) in [6, 6.07) is 3.93. The number of piperidine rings is 1. The molecule has 0 spiro atoms. The Morgan fingerprint density at radius 2 is 2.08 bits per heavy atom. The number of hydrogen-bond donors (Lipinski definition) is 2. The maximum atomic E-state index is 13.7. The molecule has 2 rings (SSSR count). The van der Waals surface area contributed by atoms with Crippen molar-refractivity contribution in [3.63, 3.8) is 0 Å². The van der Waals surface area contributed by atoms with Crippen molar-refractivity contribution in [1.82, 2.24) is 9.03 Å². The van der Waals surface area contributed by atoms with Crippen LogP contribution in [0.1, 0.15) is 33.6 Å². The van der Waals surface area contributed by atoms with Gasteiger partial charge >= 0.3 is 5.97 Å². The number of carbonyl (C=O) groups is 2. The summed E-state index contributed by atoms with van der Waals surface area (Å²) < 4.78 is 31.7. The second-order valence-corrected chi connectivity index (χ2v) is 6.87. The lowest BCUT2D eigenvalue weighted by Crippen LogP contribution is -2.43. The Kier molecular flexibility index (Phi) is 5.66. The monoisotopic (exact) mass is 359 g/mol. The maximum absolute atomic E-state index is 13.7. The van der Waals surface area contributed by atoms with E-state index in [1.165, 1.54) is 23.1 Å². The van der Waals surface area contributed by atoms with Crippen molar-refractivity contribution in [1.29, 1.82) is 0 Å². The second-order valence-electron chi connectivity index (χ2n) is 5.75. The van der Waals surface area contributed by atoms with Gasteiger partial charge in [-0.2, -0.15) is 0 Å². The molecule has 132 valence electrons. The van der Waals surface area contributed by atoms with E-state index in [9.17, 15) is 18.4 Å². The minimum atomic E-state index is -2.86. The molecule has 1 heterocycles. The van der Waals surface area contributed by atoms with Gasteiger partial charge in [-0.15, -0.1) is 0 Å². The third-order valence-electron chi connectivity index (χ3n) is 3.54. The van der Waals surface area contributed by atoms with Crippen LogP contribution in [0.2, 0.25) is 0 Å². The van der Waals surface area contributed by atoms with Crippen molar-refractivity contribution >= 4 is 29.7 Å². The fraction of sp³-hybridized carbons (Fsp3) is 0.467. The fourth-order valence-electron chi connectivity index (χ4n) is 2.48. The average molecular weight is 359 g/mol. The topological polar surface area (TPSA) is 72.9 Å². The van der Waals surface area contributed by atoms with Gasteiger partial charge in [0.25, 0.3) is 11.8 Å². The molecule has 9 heteroatoms. The number of rotatable bonds is 5. The Hall–Kier alpha value is -1.87. The highest BCUT2D eigenvalue weighted by Crippen LogP contribution is 2.32. The van der Waals surface area contributed by atoms with Crippen molar-refractivity contribution in [2.75, 3.05) is 32.1 Å². The number of carboxylic acids is 1. The number of hydrogen-bond acceptors (Lipinski definition) is 5. The largest absolute Gasteiger partial charge is 0.478 e. The van der Waals surface area contributed by atoms with E-state index in [1.54, 1.807) is 18.4 Å². The minimum absolute atomic E-state index is 0.0456. The highest BCUT2D eigenvalue weighted by Gasteiger charge is 2.36. The third kappa shape index (κ3) is 4.57. The molecule has 0 aromatic heterocycles. The van der Waals surface area contributed by atoms with Crippen LogP contribution in [0.15, 0.2) is 18.2 Å². The SMILES string of the molecule is CN(C)SNC(=O)c1ccc(C(=O)O)cc1N1CCCC(F)(F)C1. The van der Waals surface area contributed by atoms with Crippen molar-refractivity contribution in [3.05, 3.63) is 29.3 Å². The predicted molar refractivity (Wildman–Crippen MR) is 88.5 cm³/mol. The zero-order chi connectivity index (χ0) is 17.9. The van der Waals surface area contributed by atoms with Crippen LogP contribution in [0, 0.1) is 0 Å². The van der Waals surface area contributed by atoms with Crippen LogP contribution in [0.5, 0.6) is 0 Å². The molecule has 0 aliphatic carbocycles. The number of halogens is 2. The summed E-state index contributed by atoms with van der Waals surface area (Å²) in [5.74, 6) is -4.49. The van der Waals surface area contributed by atoms with Crippen molar-refractivity contribution in [2.24, 2.45) is 0 Å². The molecule has 0 radical (unpaired) electrons. The summed E-state index contributed by atoms with van der Waals surface area (Å²) in [6.45, 7) is -0.184. The van der Waals surface area contributed by atoms with Crippen LogP contribution in [-0.2, 0) is 0 Å². The van der Waals surface area contributed by atoms with Gasteiger partial charge in [-0.3, -0.25) is 9.52 Å².